The topological polar surface area (TPSA) is 108 Å². The lowest BCUT2D eigenvalue weighted by atomic mass is 10.1. The van der Waals surface area contributed by atoms with E-state index in [-0.39, 0.29) is 18.0 Å². The minimum absolute atomic E-state index is 0.189. The van der Waals surface area contributed by atoms with Gasteiger partial charge < -0.3 is 29.6 Å². The third-order valence-electron chi connectivity index (χ3n) is 4.84. The highest BCUT2D eigenvalue weighted by Gasteiger charge is 2.17. The van der Waals surface area contributed by atoms with Gasteiger partial charge in [0.1, 0.15) is 12.4 Å². The predicted molar refractivity (Wildman–Crippen MR) is 125 cm³/mol. The summed E-state index contributed by atoms with van der Waals surface area (Å²) in [7, 11) is 4.41. The number of amides is 2. The molecule has 1 aromatic heterocycles. The van der Waals surface area contributed by atoms with Crippen LogP contribution >= 0.6 is 0 Å². The molecule has 2 N–H and O–H groups in total. The van der Waals surface area contributed by atoms with Gasteiger partial charge in [-0.05, 0) is 42.0 Å². The van der Waals surface area contributed by atoms with Crippen LogP contribution in [0.15, 0.2) is 60.8 Å². The maximum absolute atomic E-state index is 12.5. The van der Waals surface area contributed by atoms with Gasteiger partial charge in [-0.15, -0.1) is 0 Å². The van der Waals surface area contributed by atoms with E-state index < -0.39 is 5.91 Å². The van der Waals surface area contributed by atoms with Crippen molar-refractivity contribution in [3.8, 4) is 23.0 Å². The zero-order valence-electron chi connectivity index (χ0n) is 19.3. The molecule has 0 unspecified atom stereocenters. The summed E-state index contributed by atoms with van der Waals surface area (Å²) in [6.07, 6.45) is 1.71. The number of rotatable bonds is 11. The Kier molecular flexibility index (Phi) is 8.67. The largest absolute Gasteiger partial charge is 0.493 e. The van der Waals surface area contributed by atoms with E-state index in [9.17, 15) is 9.59 Å². The van der Waals surface area contributed by atoms with Crippen LogP contribution in [-0.4, -0.2) is 44.7 Å². The van der Waals surface area contributed by atoms with Crippen LogP contribution in [0.4, 0.5) is 0 Å². The van der Waals surface area contributed by atoms with E-state index in [1.807, 2.05) is 42.5 Å². The van der Waals surface area contributed by atoms with E-state index in [1.54, 1.807) is 6.20 Å². The van der Waals surface area contributed by atoms with E-state index in [0.717, 1.165) is 11.3 Å². The zero-order valence-corrected chi connectivity index (χ0v) is 19.3. The highest BCUT2D eigenvalue weighted by atomic mass is 16.5. The molecule has 0 atom stereocenters. The van der Waals surface area contributed by atoms with Crippen molar-refractivity contribution >= 4 is 11.8 Å². The lowest BCUT2D eigenvalue weighted by molar-refractivity contribution is -0.120. The van der Waals surface area contributed by atoms with Crippen molar-refractivity contribution in [3.05, 3.63) is 77.6 Å². The molecule has 0 aliphatic carbocycles. The molecule has 3 rings (SSSR count). The molecule has 0 spiro atoms. The molecular formula is C25H27N3O6. The van der Waals surface area contributed by atoms with Crippen LogP contribution in [0.1, 0.15) is 21.6 Å². The smallest absolute Gasteiger partial charge is 0.251 e. The summed E-state index contributed by atoms with van der Waals surface area (Å²) in [6, 6.07) is 16.1. The average molecular weight is 466 g/mol. The van der Waals surface area contributed by atoms with E-state index in [4.69, 9.17) is 18.9 Å². The standard InChI is InChI=1S/C25H27N3O6/c1-31-21-12-18(13-22(32-2)24(21)33-3)25(30)28-15-23(29)27-14-17-7-6-9-20(11-17)34-16-19-8-4-5-10-26-19/h4-13H,14-16H2,1-3H3,(H,27,29)(H,28,30). The van der Waals surface area contributed by atoms with Crippen molar-refractivity contribution in [2.75, 3.05) is 27.9 Å². The van der Waals surface area contributed by atoms with Gasteiger partial charge in [-0.25, -0.2) is 0 Å². The second kappa shape index (κ2) is 12.1. The van der Waals surface area contributed by atoms with Gasteiger partial charge in [0, 0.05) is 18.3 Å². The van der Waals surface area contributed by atoms with Crippen LogP contribution in [0, 0.1) is 0 Å². The number of methoxy groups -OCH3 is 3. The molecule has 0 radical (unpaired) electrons. The summed E-state index contributed by atoms with van der Waals surface area (Å²) in [5.41, 5.74) is 1.96. The minimum atomic E-state index is -0.445. The molecule has 9 nitrogen and oxygen atoms in total. The van der Waals surface area contributed by atoms with Gasteiger partial charge in [0.15, 0.2) is 11.5 Å². The molecule has 0 saturated heterocycles. The maximum atomic E-state index is 12.5. The van der Waals surface area contributed by atoms with Crippen LogP contribution in [-0.2, 0) is 17.9 Å². The Morgan fingerprint density at radius 2 is 1.65 bits per heavy atom. The fourth-order valence-corrected chi connectivity index (χ4v) is 3.12. The monoisotopic (exact) mass is 465 g/mol. The summed E-state index contributed by atoms with van der Waals surface area (Å²) >= 11 is 0. The normalized spacial score (nSPS) is 10.2. The first-order chi connectivity index (χ1) is 16.5. The number of nitrogens with one attached hydrogen (secondary N) is 2. The highest BCUT2D eigenvalue weighted by Crippen LogP contribution is 2.38. The van der Waals surface area contributed by atoms with Crippen LogP contribution in [0.25, 0.3) is 0 Å². The summed E-state index contributed by atoms with van der Waals surface area (Å²) < 4.78 is 21.5. The lowest BCUT2D eigenvalue weighted by Crippen LogP contribution is -2.36. The second-order valence-electron chi connectivity index (χ2n) is 7.13. The Hall–Kier alpha value is -4.27. The molecule has 0 saturated carbocycles. The van der Waals surface area contributed by atoms with Crippen LogP contribution in [0.5, 0.6) is 23.0 Å². The molecule has 2 aromatic carbocycles. The van der Waals surface area contributed by atoms with Crippen molar-refractivity contribution in [3.63, 3.8) is 0 Å². The molecule has 178 valence electrons. The molecule has 0 bridgehead atoms. The first-order valence-corrected chi connectivity index (χ1v) is 10.5. The molecule has 1 heterocycles. The fraction of sp³-hybridized carbons (Fsp3) is 0.240. The van der Waals surface area contributed by atoms with Crippen molar-refractivity contribution < 1.29 is 28.5 Å². The van der Waals surface area contributed by atoms with Crippen molar-refractivity contribution in [1.29, 1.82) is 0 Å². The SMILES string of the molecule is COc1cc(C(=O)NCC(=O)NCc2cccc(OCc3ccccn3)c2)cc(OC)c1OC. The summed E-state index contributed by atoms with van der Waals surface area (Å²) in [6.45, 7) is 0.453. The Morgan fingerprint density at radius 1 is 0.882 bits per heavy atom. The quantitative estimate of drug-likeness (QED) is 0.448. The summed E-state index contributed by atoms with van der Waals surface area (Å²) in [5, 5.41) is 5.37. The highest BCUT2D eigenvalue weighted by molar-refractivity contribution is 5.97. The van der Waals surface area contributed by atoms with E-state index in [0.29, 0.717) is 36.1 Å². The van der Waals surface area contributed by atoms with Gasteiger partial charge in [0.2, 0.25) is 11.7 Å². The number of aromatic nitrogens is 1. The van der Waals surface area contributed by atoms with Crippen LogP contribution < -0.4 is 29.6 Å². The molecule has 0 fully saturated rings. The van der Waals surface area contributed by atoms with E-state index in [1.165, 1.54) is 33.5 Å². The molecule has 34 heavy (non-hydrogen) atoms. The minimum Gasteiger partial charge on any atom is -0.493 e. The van der Waals surface area contributed by atoms with Gasteiger partial charge in [-0.1, -0.05) is 18.2 Å². The molecule has 0 aliphatic heterocycles. The van der Waals surface area contributed by atoms with Gasteiger partial charge in [-0.2, -0.15) is 0 Å². The van der Waals surface area contributed by atoms with Gasteiger partial charge in [0.05, 0.1) is 33.6 Å². The molecule has 9 heteroatoms. The Morgan fingerprint density at radius 3 is 2.29 bits per heavy atom. The number of benzene rings is 2. The summed E-state index contributed by atoms with van der Waals surface area (Å²) in [4.78, 5) is 29.0. The van der Waals surface area contributed by atoms with Crippen molar-refractivity contribution in [2.24, 2.45) is 0 Å². The van der Waals surface area contributed by atoms with E-state index in [2.05, 4.69) is 15.6 Å². The van der Waals surface area contributed by atoms with Crippen molar-refractivity contribution in [1.82, 2.24) is 15.6 Å². The summed E-state index contributed by atoms with van der Waals surface area (Å²) in [5.74, 6) is 0.974. The molecular weight excluding hydrogens is 438 g/mol. The van der Waals surface area contributed by atoms with Gasteiger partial charge in [0.25, 0.3) is 5.91 Å². The number of carbonyl (C=O) groups is 2. The molecule has 0 aliphatic rings. The molecule has 3 aromatic rings. The van der Waals surface area contributed by atoms with Crippen molar-refractivity contribution in [2.45, 2.75) is 13.2 Å². The Labute approximate surface area is 198 Å². The van der Waals surface area contributed by atoms with E-state index >= 15 is 0 Å². The maximum Gasteiger partial charge on any atom is 0.251 e. The Balaban J connectivity index is 1.50. The number of pyridine rings is 1. The second-order valence-corrected chi connectivity index (χ2v) is 7.13. The third-order valence-corrected chi connectivity index (χ3v) is 4.84. The number of hydrogen-bond acceptors (Lipinski definition) is 7. The predicted octanol–water partition coefficient (Wildman–Crippen LogP) is 2.73. The first kappa shape index (κ1) is 24.4. The Bertz CT molecular complexity index is 1100. The van der Waals surface area contributed by atoms with Gasteiger partial charge in [-0.3, -0.25) is 14.6 Å². The lowest BCUT2D eigenvalue weighted by Gasteiger charge is -2.14. The average Bonchev–Trinajstić information content (AvgIpc) is 2.89. The number of nitrogens with zero attached hydrogens (tertiary/aromatic N) is 1. The van der Waals surface area contributed by atoms with Crippen LogP contribution in [0.3, 0.4) is 0 Å². The third kappa shape index (κ3) is 6.61. The molecule has 2 amide bonds. The fourth-order valence-electron chi connectivity index (χ4n) is 3.12. The zero-order chi connectivity index (χ0) is 24.3. The number of carbonyl (C=O) groups excluding carboxylic acids is 2. The number of ether oxygens (including phenoxy) is 4. The number of hydrogen-bond donors (Lipinski definition) is 2. The first-order valence-electron chi connectivity index (χ1n) is 10.5. The van der Waals surface area contributed by atoms with Gasteiger partial charge >= 0.3 is 0 Å². The van der Waals surface area contributed by atoms with Crippen LogP contribution in [0.2, 0.25) is 0 Å².